The van der Waals surface area contributed by atoms with E-state index >= 15 is 0 Å². The fraction of sp³-hybridized carbons (Fsp3) is 0.462. The first-order valence-corrected chi connectivity index (χ1v) is 6.26. The molecule has 0 atom stereocenters. The monoisotopic (exact) mass is 265 g/mol. The van der Waals surface area contributed by atoms with Crippen LogP contribution < -0.4 is 5.73 Å². The molecule has 0 bridgehead atoms. The van der Waals surface area contributed by atoms with E-state index in [0.29, 0.717) is 12.1 Å². The number of hydrogen-bond donors (Lipinski definition) is 1. The zero-order valence-electron chi connectivity index (χ0n) is 11.3. The van der Waals surface area contributed by atoms with Crippen molar-refractivity contribution in [2.45, 2.75) is 26.2 Å². The zero-order chi connectivity index (χ0) is 14.4. The maximum absolute atomic E-state index is 12.1. The van der Waals surface area contributed by atoms with Crippen molar-refractivity contribution in [2.24, 2.45) is 0 Å². The van der Waals surface area contributed by atoms with Gasteiger partial charge in [0.15, 0.2) is 0 Å². The van der Waals surface area contributed by atoms with Crippen LogP contribution in [-0.2, 0) is 0 Å². The molecule has 0 heterocycles. The van der Waals surface area contributed by atoms with Gasteiger partial charge in [-0.05, 0) is 18.6 Å². The highest BCUT2D eigenvalue weighted by molar-refractivity contribution is 5.95. The van der Waals surface area contributed by atoms with E-state index in [0.717, 1.165) is 19.3 Å². The number of unbranched alkanes of at least 4 members (excludes halogenated alkanes) is 2. The molecular weight excluding hydrogens is 246 g/mol. The topological polar surface area (TPSA) is 89.5 Å². The Bertz CT molecular complexity index is 474. The Kier molecular flexibility index (Phi) is 5.29. The van der Waals surface area contributed by atoms with Crippen LogP contribution in [0.25, 0.3) is 0 Å². The molecular formula is C13H19N3O3. The molecule has 0 radical (unpaired) electrons. The van der Waals surface area contributed by atoms with E-state index in [1.807, 2.05) is 0 Å². The Balaban J connectivity index is 2.77. The van der Waals surface area contributed by atoms with Crippen molar-refractivity contribution in [3.63, 3.8) is 0 Å². The van der Waals surface area contributed by atoms with Crippen molar-refractivity contribution < 1.29 is 9.72 Å². The van der Waals surface area contributed by atoms with E-state index in [2.05, 4.69) is 6.92 Å². The molecule has 1 rings (SSSR count). The van der Waals surface area contributed by atoms with E-state index in [-0.39, 0.29) is 17.3 Å². The van der Waals surface area contributed by atoms with Crippen LogP contribution in [0.15, 0.2) is 18.2 Å². The van der Waals surface area contributed by atoms with Crippen LogP contribution in [0.3, 0.4) is 0 Å². The second-order valence-electron chi connectivity index (χ2n) is 4.46. The molecule has 1 aromatic carbocycles. The number of carbonyl (C=O) groups is 1. The van der Waals surface area contributed by atoms with Gasteiger partial charge in [-0.15, -0.1) is 0 Å². The lowest BCUT2D eigenvalue weighted by Crippen LogP contribution is -2.27. The van der Waals surface area contributed by atoms with Gasteiger partial charge in [0.05, 0.1) is 4.92 Å². The summed E-state index contributed by atoms with van der Waals surface area (Å²) in [5, 5.41) is 10.6. The number of carbonyl (C=O) groups excluding carboxylic acids is 1. The number of nitrogen functional groups attached to an aromatic ring is 1. The maximum atomic E-state index is 12.1. The van der Waals surface area contributed by atoms with E-state index in [1.165, 1.54) is 18.2 Å². The summed E-state index contributed by atoms with van der Waals surface area (Å²) in [6.45, 7) is 2.77. The highest BCUT2D eigenvalue weighted by Crippen LogP contribution is 2.22. The molecule has 1 amide bonds. The molecule has 0 aliphatic heterocycles. The molecule has 0 spiro atoms. The quantitative estimate of drug-likeness (QED) is 0.370. The average molecular weight is 265 g/mol. The summed E-state index contributed by atoms with van der Waals surface area (Å²) < 4.78 is 0. The van der Waals surface area contributed by atoms with Crippen molar-refractivity contribution in [3.05, 3.63) is 33.9 Å². The average Bonchev–Trinajstić information content (AvgIpc) is 2.37. The van der Waals surface area contributed by atoms with E-state index in [9.17, 15) is 14.9 Å². The number of hydrogen-bond acceptors (Lipinski definition) is 4. The second kappa shape index (κ2) is 6.72. The van der Waals surface area contributed by atoms with Gasteiger partial charge in [0.25, 0.3) is 11.6 Å². The van der Waals surface area contributed by atoms with E-state index < -0.39 is 4.92 Å². The number of nitro benzene ring substituents is 1. The lowest BCUT2D eigenvalue weighted by molar-refractivity contribution is -0.383. The number of nitro groups is 1. The molecule has 19 heavy (non-hydrogen) atoms. The number of nitrogens with two attached hydrogens (primary N) is 1. The fourth-order valence-corrected chi connectivity index (χ4v) is 1.77. The largest absolute Gasteiger partial charge is 0.393 e. The molecule has 6 nitrogen and oxygen atoms in total. The number of anilines is 1. The van der Waals surface area contributed by atoms with E-state index in [1.54, 1.807) is 11.9 Å². The summed E-state index contributed by atoms with van der Waals surface area (Å²) in [7, 11) is 1.72. The van der Waals surface area contributed by atoms with Crippen LogP contribution >= 0.6 is 0 Å². The Morgan fingerprint density at radius 3 is 2.63 bits per heavy atom. The molecule has 0 saturated carbocycles. The van der Waals surface area contributed by atoms with Crippen LogP contribution in [0.5, 0.6) is 0 Å². The number of rotatable bonds is 6. The lowest BCUT2D eigenvalue weighted by Gasteiger charge is -2.17. The van der Waals surface area contributed by atoms with Gasteiger partial charge in [-0.2, -0.15) is 0 Å². The highest BCUT2D eigenvalue weighted by Gasteiger charge is 2.16. The summed E-state index contributed by atoms with van der Waals surface area (Å²) in [5.41, 5.74) is 5.78. The molecule has 0 unspecified atom stereocenters. The first kappa shape index (κ1) is 14.9. The van der Waals surface area contributed by atoms with Crippen molar-refractivity contribution >= 4 is 17.3 Å². The Morgan fingerprint density at radius 2 is 2.11 bits per heavy atom. The summed E-state index contributed by atoms with van der Waals surface area (Å²) in [4.78, 5) is 23.8. The van der Waals surface area contributed by atoms with Crippen LogP contribution in [0, 0.1) is 10.1 Å². The minimum Gasteiger partial charge on any atom is -0.393 e. The maximum Gasteiger partial charge on any atom is 0.292 e. The SMILES string of the molecule is CCCCCN(C)C(=O)c1ccc([N+](=O)[O-])c(N)c1. The van der Waals surface area contributed by atoms with Gasteiger partial charge in [-0.25, -0.2) is 0 Å². The van der Waals surface area contributed by atoms with Gasteiger partial charge in [0, 0.05) is 25.2 Å². The smallest absolute Gasteiger partial charge is 0.292 e. The Labute approximate surface area is 112 Å². The second-order valence-corrected chi connectivity index (χ2v) is 4.46. The molecule has 0 aromatic heterocycles. The molecule has 2 N–H and O–H groups in total. The van der Waals surface area contributed by atoms with Crippen molar-refractivity contribution in [2.75, 3.05) is 19.3 Å². The molecule has 0 saturated heterocycles. The number of amides is 1. The van der Waals surface area contributed by atoms with Crippen molar-refractivity contribution in [1.29, 1.82) is 0 Å². The zero-order valence-corrected chi connectivity index (χ0v) is 11.3. The summed E-state index contributed by atoms with van der Waals surface area (Å²) in [6.07, 6.45) is 3.10. The first-order chi connectivity index (χ1) is 8.97. The van der Waals surface area contributed by atoms with Gasteiger partial charge in [-0.1, -0.05) is 19.8 Å². The van der Waals surface area contributed by atoms with Crippen molar-refractivity contribution in [1.82, 2.24) is 4.90 Å². The van der Waals surface area contributed by atoms with Gasteiger partial charge >= 0.3 is 0 Å². The number of nitrogens with zero attached hydrogens (tertiary/aromatic N) is 2. The lowest BCUT2D eigenvalue weighted by atomic mass is 10.1. The molecule has 0 aliphatic carbocycles. The third kappa shape index (κ3) is 3.94. The third-order valence-corrected chi connectivity index (χ3v) is 2.91. The highest BCUT2D eigenvalue weighted by atomic mass is 16.6. The van der Waals surface area contributed by atoms with Crippen LogP contribution in [0.1, 0.15) is 36.5 Å². The van der Waals surface area contributed by atoms with Crippen molar-refractivity contribution in [3.8, 4) is 0 Å². The van der Waals surface area contributed by atoms with Gasteiger partial charge in [0.1, 0.15) is 5.69 Å². The summed E-state index contributed by atoms with van der Waals surface area (Å²) in [5.74, 6) is -0.169. The standard InChI is InChI=1S/C13H19N3O3/c1-3-4-5-8-15(2)13(17)10-6-7-12(16(18)19)11(14)9-10/h6-7,9H,3-5,8,14H2,1-2H3. The van der Waals surface area contributed by atoms with Crippen LogP contribution in [0.2, 0.25) is 0 Å². The first-order valence-electron chi connectivity index (χ1n) is 6.26. The third-order valence-electron chi connectivity index (χ3n) is 2.91. The molecule has 0 fully saturated rings. The minimum atomic E-state index is -0.561. The molecule has 0 aliphatic rings. The van der Waals surface area contributed by atoms with Gasteiger partial charge < -0.3 is 10.6 Å². The Morgan fingerprint density at radius 1 is 1.42 bits per heavy atom. The van der Waals surface area contributed by atoms with Gasteiger partial charge in [0.2, 0.25) is 0 Å². The normalized spacial score (nSPS) is 10.2. The summed E-state index contributed by atoms with van der Waals surface area (Å²) >= 11 is 0. The van der Waals surface area contributed by atoms with Gasteiger partial charge in [-0.3, -0.25) is 14.9 Å². The van der Waals surface area contributed by atoms with Crippen LogP contribution in [-0.4, -0.2) is 29.3 Å². The van der Waals surface area contributed by atoms with E-state index in [4.69, 9.17) is 5.73 Å². The summed E-state index contributed by atoms with van der Waals surface area (Å²) in [6, 6.07) is 4.06. The Hall–Kier alpha value is -2.11. The fourth-order valence-electron chi connectivity index (χ4n) is 1.77. The van der Waals surface area contributed by atoms with Crippen LogP contribution in [0.4, 0.5) is 11.4 Å². The number of benzene rings is 1. The molecule has 6 heteroatoms. The molecule has 1 aromatic rings. The minimum absolute atomic E-state index is 0.0119. The predicted octanol–water partition coefficient (Wildman–Crippen LogP) is 2.44. The molecule has 104 valence electrons. The predicted molar refractivity (Wildman–Crippen MR) is 74.0 cm³/mol.